The molecule has 2 heterocycles. The second-order valence-corrected chi connectivity index (χ2v) is 5.95. The first-order valence-electron chi connectivity index (χ1n) is 8.12. The Balaban J connectivity index is 1.40. The predicted molar refractivity (Wildman–Crippen MR) is 83.9 cm³/mol. The molecule has 0 saturated carbocycles. The summed E-state index contributed by atoms with van der Waals surface area (Å²) in [5.41, 5.74) is 2.72. The molecular weight excluding hydrogens is 264 g/mol. The number of morpholine rings is 1. The maximum atomic E-state index is 5.56. The largest absolute Gasteiger partial charge is 0.493 e. The van der Waals surface area contributed by atoms with Crippen molar-refractivity contribution in [3.05, 3.63) is 29.3 Å². The van der Waals surface area contributed by atoms with Crippen molar-refractivity contribution in [2.45, 2.75) is 25.8 Å². The molecule has 0 aromatic heterocycles. The molecule has 4 nitrogen and oxygen atoms in total. The van der Waals surface area contributed by atoms with E-state index in [1.165, 1.54) is 24.1 Å². The van der Waals surface area contributed by atoms with E-state index in [-0.39, 0.29) is 0 Å². The molecule has 2 aliphatic rings. The fourth-order valence-electron chi connectivity index (χ4n) is 3.04. The van der Waals surface area contributed by atoms with Gasteiger partial charge in [-0.2, -0.15) is 0 Å². The molecule has 21 heavy (non-hydrogen) atoms. The lowest BCUT2D eigenvalue weighted by Gasteiger charge is -2.26. The SMILES string of the molecule is CC(NCCCN1CCOCC1)c1ccc2c(c1)CCO2. The van der Waals surface area contributed by atoms with E-state index in [1.807, 2.05) is 0 Å². The summed E-state index contributed by atoms with van der Waals surface area (Å²) in [6, 6.07) is 7.00. The van der Waals surface area contributed by atoms with Crippen LogP contribution in [0.3, 0.4) is 0 Å². The van der Waals surface area contributed by atoms with Crippen LogP contribution < -0.4 is 10.1 Å². The number of nitrogens with one attached hydrogen (secondary N) is 1. The number of hydrogen-bond donors (Lipinski definition) is 1. The van der Waals surface area contributed by atoms with Crippen LogP contribution in [0.4, 0.5) is 0 Å². The van der Waals surface area contributed by atoms with E-state index >= 15 is 0 Å². The average Bonchev–Trinajstić information content (AvgIpc) is 3.00. The molecule has 0 amide bonds. The Morgan fingerprint density at radius 3 is 2.95 bits per heavy atom. The van der Waals surface area contributed by atoms with Gasteiger partial charge in [0.15, 0.2) is 0 Å². The van der Waals surface area contributed by atoms with Crippen molar-refractivity contribution < 1.29 is 9.47 Å². The van der Waals surface area contributed by atoms with Crippen LogP contribution in [-0.2, 0) is 11.2 Å². The summed E-state index contributed by atoms with van der Waals surface area (Å²) in [6.45, 7) is 9.25. The van der Waals surface area contributed by atoms with Gasteiger partial charge in [0.1, 0.15) is 5.75 Å². The molecule has 3 rings (SSSR count). The van der Waals surface area contributed by atoms with E-state index in [0.29, 0.717) is 6.04 Å². The molecule has 1 aromatic carbocycles. The molecule has 1 aromatic rings. The summed E-state index contributed by atoms with van der Waals surface area (Å²) in [5, 5.41) is 3.63. The molecule has 0 radical (unpaired) electrons. The van der Waals surface area contributed by atoms with Crippen LogP contribution in [-0.4, -0.2) is 50.9 Å². The van der Waals surface area contributed by atoms with Gasteiger partial charge in [0, 0.05) is 25.6 Å². The van der Waals surface area contributed by atoms with Crippen molar-refractivity contribution in [2.75, 3.05) is 46.0 Å². The van der Waals surface area contributed by atoms with Gasteiger partial charge in [-0.15, -0.1) is 0 Å². The molecule has 116 valence electrons. The van der Waals surface area contributed by atoms with E-state index in [0.717, 1.165) is 51.6 Å². The van der Waals surface area contributed by atoms with Crippen molar-refractivity contribution in [3.8, 4) is 5.75 Å². The summed E-state index contributed by atoms with van der Waals surface area (Å²) in [6.07, 6.45) is 2.24. The third kappa shape index (κ3) is 3.96. The normalized spacial score (nSPS) is 20.0. The molecule has 0 spiro atoms. The summed E-state index contributed by atoms with van der Waals surface area (Å²) < 4.78 is 10.9. The number of hydrogen-bond acceptors (Lipinski definition) is 4. The van der Waals surface area contributed by atoms with E-state index in [4.69, 9.17) is 9.47 Å². The Bertz CT molecular complexity index is 458. The minimum atomic E-state index is 0.403. The lowest BCUT2D eigenvalue weighted by molar-refractivity contribution is 0.0374. The summed E-state index contributed by atoms with van der Waals surface area (Å²) in [5.74, 6) is 1.07. The van der Waals surface area contributed by atoms with Crippen molar-refractivity contribution >= 4 is 0 Å². The smallest absolute Gasteiger partial charge is 0.122 e. The number of nitrogens with zero attached hydrogens (tertiary/aromatic N) is 1. The highest BCUT2D eigenvalue weighted by Crippen LogP contribution is 2.28. The first-order valence-corrected chi connectivity index (χ1v) is 8.12. The van der Waals surface area contributed by atoms with Crippen LogP contribution in [0.5, 0.6) is 5.75 Å². The Morgan fingerprint density at radius 1 is 1.24 bits per heavy atom. The Hall–Kier alpha value is -1.10. The van der Waals surface area contributed by atoms with Gasteiger partial charge in [-0.3, -0.25) is 4.90 Å². The highest BCUT2D eigenvalue weighted by Gasteiger charge is 2.14. The number of rotatable bonds is 6. The van der Waals surface area contributed by atoms with E-state index < -0.39 is 0 Å². The first-order chi connectivity index (χ1) is 10.3. The Morgan fingerprint density at radius 2 is 2.10 bits per heavy atom. The third-order valence-electron chi connectivity index (χ3n) is 4.42. The van der Waals surface area contributed by atoms with Crippen molar-refractivity contribution in [1.29, 1.82) is 0 Å². The molecule has 4 heteroatoms. The van der Waals surface area contributed by atoms with Crippen LogP contribution in [0.2, 0.25) is 0 Å². The molecule has 1 unspecified atom stereocenters. The predicted octanol–water partition coefficient (Wildman–Crippen LogP) is 1.99. The van der Waals surface area contributed by atoms with Crippen molar-refractivity contribution in [3.63, 3.8) is 0 Å². The lowest BCUT2D eigenvalue weighted by atomic mass is 10.0. The quantitative estimate of drug-likeness (QED) is 0.813. The van der Waals surface area contributed by atoms with Gasteiger partial charge >= 0.3 is 0 Å². The van der Waals surface area contributed by atoms with Crippen LogP contribution in [0.15, 0.2) is 18.2 Å². The van der Waals surface area contributed by atoms with Crippen molar-refractivity contribution in [1.82, 2.24) is 10.2 Å². The number of ether oxygens (including phenoxy) is 2. The van der Waals surface area contributed by atoms with E-state index in [9.17, 15) is 0 Å². The van der Waals surface area contributed by atoms with Gasteiger partial charge in [-0.05, 0) is 43.6 Å². The minimum absolute atomic E-state index is 0.403. The van der Waals surface area contributed by atoms with Gasteiger partial charge in [-0.1, -0.05) is 12.1 Å². The zero-order valence-corrected chi connectivity index (χ0v) is 12.9. The highest BCUT2D eigenvalue weighted by molar-refractivity contribution is 5.40. The van der Waals surface area contributed by atoms with Crippen LogP contribution in [0.1, 0.15) is 30.5 Å². The molecule has 2 aliphatic heterocycles. The standard InChI is InChI=1S/C17H26N2O2/c1-14(15-3-4-17-16(13-15)5-10-21-17)18-6-2-7-19-8-11-20-12-9-19/h3-4,13-14,18H,2,5-12H2,1H3. The molecule has 1 fully saturated rings. The van der Waals surface area contributed by atoms with Crippen LogP contribution in [0.25, 0.3) is 0 Å². The summed E-state index contributed by atoms with van der Waals surface area (Å²) >= 11 is 0. The maximum absolute atomic E-state index is 5.56. The second-order valence-electron chi connectivity index (χ2n) is 5.95. The van der Waals surface area contributed by atoms with Crippen LogP contribution in [0, 0.1) is 0 Å². The van der Waals surface area contributed by atoms with Gasteiger partial charge in [0.05, 0.1) is 19.8 Å². The fourth-order valence-corrected chi connectivity index (χ4v) is 3.04. The lowest BCUT2D eigenvalue weighted by Crippen LogP contribution is -2.37. The summed E-state index contributed by atoms with van der Waals surface area (Å²) in [4.78, 5) is 2.49. The van der Waals surface area contributed by atoms with Gasteiger partial charge in [0.25, 0.3) is 0 Å². The zero-order chi connectivity index (χ0) is 14.5. The maximum Gasteiger partial charge on any atom is 0.122 e. The molecule has 0 aliphatic carbocycles. The molecule has 1 saturated heterocycles. The average molecular weight is 290 g/mol. The van der Waals surface area contributed by atoms with Crippen LogP contribution >= 0.6 is 0 Å². The van der Waals surface area contributed by atoms with E-state index in [2.05, 4.69) is 35.3 Å². The number of benzene rings is 1. The van der Waals surface area contributed by atoms with Gasteiger partial charge in [0.2, 0.25) is 0 Å². The highest BCUT2D eigenvalue weighted by atomic mass is 16.5. The topological polar surface area (TPSA) is 33.7 Å². The Kier molecular flexibility index (Phi) is 5.12. The Labute approximate surface area is 127 Å². The minimum Gasteiger partial charge on any atom is -0.493 e. The van der Waals surface area contributed by atoms with Gasteiger partial charge in [-0.25, -0.2) is 0 Å². The van der Waals surface area contributed by atoms with Crippen molar-refractivity contribution in [2.24, 2.45) is 0 Å². The van der Waals surface area contributed by atoms with E-state index in [1.54, 1.807) is 0 Å². The molecule has 1 atom stereocenters. The molecule has 0 bridgehead atoms. The molecule has 1 N–H and O–H groups in total. The summed E-state index contributed by atoms with van der Waals surface area (Å²) in [7, 11) is 0. The second kappa shape index (κ2) is 7.25. The first kappa shape index (κ1) is 14.8. The molecular formula is C17H26N2O2. The fraction of sp³-hybridized carbons (Fsp3) is 0.647. The van der Waals surface area contributed by atoms with Gasteiger partial charge < -0.3 is 14.8 Å². The monoisotopic (exact) mass is 290 g/mol. The third-order valence-corrected chi connectivity index (χ3v) is 4.42. The number of fused-ring (bicyclic) bond motifs is 1. The zero-order valence-electron chi connectivity index (χ0n) is 12.9.